The fourth-order valence-electron chi connectivity index (χ4n) is 2.14. The van der Waals surface area contributed by atoms with Crippen LogP contribution in [0, 0.1) is 11.7 Å². The first-order chi connectivity index (χ1) is 11.3. The van der Waals surface area contributed by atoms with Crippen molar-refractivity contribution in [3.63, 3.8) is 0 Å². The maximum atomic E-state index is 14.0. The lowest BCUT2D eigenvalue weighted by Crippen LogP contribution is -2.23. The number of carbonyl (C=O) groups is 1. The monoisotopic (exact) mass is 343 g/mol. The molecule has 0 saturated heterocycles. The summed E-state index contributed by atoms with van der Waals surface area (Å²) < 4.78 is 55.4. The van der Waals surface area contributed by atoms with E-state index in [9.17, 15) is 22.4 Å². The molecule has 1 aromatic carbocycles. The number of aromatic nitrogens is 2. The van der Waals surface area contributed by atoms with Gasteiger partial charge in [0.15, 0.2) is 0 Å². The van der Waals surface area contributed by atoms with E-state index in [1.807, 2.05) is 0 Å². The minimum atomic E-state index is -4.75. The van der Waals surface area contributed by atoms with E-state index in [1.165, 1.54) is 12.1 Å². The highest BCUT2D eigenvalue weighted by atomic mass is 19.4. The summed E-state index contributed by atoms with van der Waals surface area (Å²) in [5.41, 5.74) is 0.280. The first kappa shape index (κ1) is 16.4. The SMILES string of the molecule is O=C(CC1CC1)NCc1ccc(-c2noc(C(F)(F)F)n2)cc1F. The Balaban J connectivity index is 1.67. The molecule has 1 aromatic heterocycles. The summed E-state index contributed by atoms with van der Waals surface area (Å²) in [6, 6.07) is 3.75. The van der Waals surface area contributed by atoms with Gasteiger partial charge < -0.3 is 9.84 Å². The second-order valence-corrected chi connectivity index (χ2v) is 5.65. The summed E-state index contributed by atoms with van der Waals surface area (Å²) in [6.07, 6.45) is -2.24. The van der Waals surface area contributed by atoms with E-state index < -0.39 is 17.9 Å². The molecule has 1 N–H and O–H groups in total. The van der Waals surface area contributed by atoms with Gasteiger partial charge in [-0.3, -0.25) is 4.79 Å². The Morgan fingerprint density at radius 1 is 1.33 bits per heavy atom. The molecule has 1 fully saturated rings. The number of nitrogens with zero attached hydrogens (tertiary/aromatic N) is 2. The first-order valence-corrected chi connectivity index (χ1v) is 7.29. The van der Waals surface area contributed by atoms with Crippen LogP contribution in [0.15, 0.2) is 22.7 Å². The van der Waals surface area contributed by atoms with Crippen molar-refractivity contribution in [3.8, 4) is 11.4 Å². The van der Waals surface area contributed by atoms with Gasteiger partial charge in [-0.15, -0.1) is 0 Å². The smallest absolute Gasteiger partial charge is 0.352 e. The highest BCUT2D eigenvalue weighted by Crippen LogP contribution is 2.32. The van der Waals surface area contributed by atoms with E-state index in [4.69, 9.17) is 0 Å². The molecule has 128 valence electrons. The average molecular weight is 343 g/mol. The summed E-state index contributed by atoms with van der Waals surface area (Å²) in [4.78, 5) is 14.8. The van der Waals surface area contributed by atoms with Crippen molar-refractivity contribution in [1.82, 2.24) is 15.5 Å². The molecule has 1 heterocycles. The van der Waals surface area contributed by atoms with E-state index in [2.05, 4.69) is 20.0 Å². The second-order valence-electron chi connectivity index (χ2n) is 5.65. The van der Waals surface area contributed by atoms with Crippen LogP contribution in [0.25, 0.3) is 11.4 Å². The third-order valence-corrected chi connectivity index (χ3v) is 3.63. The van der Waals surface area contributed by atoms with E-state index >= 15 is 0 Å². The number of hydrogen-bond donors (Lipinski definition) is 1. The molecule has 0 bridgehead atoms. The number of carbonyl (C=O) groups excluding carboxylic acids is 1. The topological polar surface area (TPSA) is 68.0 Å². The van der Waals surface area contributed by atoms with E-state index in [0.29, 0.717) is 12.3 Å². The van der Waals surface area contributed by atoms with Crippen molar-refractivity contribution in [2.24, 2.45) is 5.92 Å². The Bertz CT molecular complexity index is 753. The van der Waals surface area contributed by atoms with E-state index in [0.717, 1.165) is 18.9 Å². The van der Waals surface area contributed by atoms with Crippen LogP contribution < -0.4 is 5.32 Å². The molecule has 0 radical (unpaired) electrons. The third kappa shape index (κ3) is 3.90. The Morgan fingerprint density at radius 2 is 2.08 bits per heavy atom. The summed E-state index contributed by atoms with van der Waals surface area (Å²) in [6.45, 7) is 0.0116. The molecule has 1 saturated carbocycles. The molecule has 24 heavy (non-hydrogen) atoms. The Labute approximate surface area is 134 Å². The lowest BCUT2D eigenvalue weighted by molar-refractivity contribution is -0.159. The fourth-order valence-corrected chi connectivity index (χ4v) is 2.14. The zero-order valence-electron chi connectivity index (χ0n) is 12.4. The molecule has 1 aliphatic carbocycles. The maximum Gasteiger partial charge on any atom is 0.471 e. The molecule has 5 nitrogen and oxygen atoms in total. The van der Waals surface area contributed by atoms with Crippen LogP contribution in [0.3, 0.4) is 0 Å². The minimum absolute atomic E-state index is 0.0116. The second kappa shape index (κ2) is 6.21. The molecule has 3 rings (SSSR count). The summed E-state index contributed by atoms with van der Waals surface area (Å²) in [7, 11) is 0. The summed E-state index contributed by atoms with van der Waals surface area (Å²) >= 11 is 0. The van der Waals surface area contributed by atoms with Gasteiger partial charge in [-0.05, 0) is 24.8 Å². The number of benzene rings is 1. The maximum absolute atomic E-state index is 14.0. The van der Waals surface area contributed by atoms with Gasteiger partial charge in [0.05, 0.1) is 0 Å². The van der Waals surface area contributed by atoms with Crippen LogP contribution in [0.4, 0.5) is 17.6 Å². The van der Waals surface area contributed by atoms with Gasteiger partial charge >= 0.3 is 12.1 Å². The van der Waals surface area contributed by atoms with Crippen LogP contribution >= 0.6 is 0 Å². The standard InChI is InChI=1S/C15H13F4N3O2/c16-11-6-9(13-21-14(24-22-13)15(17,18)19)3-4-10(11)7-20-12(23)5-8-1-2-8/h3-4,6,8H,1-2,5,7H2,(H,20,23). The zero-order valence-corrected chi connectivity index (χ0v) is 12.4. The van der Waals surface area contributed by atoms with Gasteiger partial charge in [-0.25, -0.2) is 4.39 Å². The van der Waals surface area contributed by atoms with Gasteiger partial charge in [-0.1, -0.05) is 17.3 Å². The molecule has 2 aromatic rings. The normalized spacial score (nSPS) is 14.7. The molecule has 9 heteroatoms. The fraction of sp³-hybridized carbons (Fsp3) is 0.400. The van der Waals surface area contributed by atoms with Gasteiger partial charge in [0.2, 0.25) is 11.7 Å². The van der Waals surface area contributed by atoms with Gasteiger partial charge in [0.1, 0.15) is 5.82 Å². The number of hydrogen-bond acceptors (Lipinski definition) is 4. The van der Waals surface area contributed by atoms with Crippen molar-refractivity contribution in [2.45, 2.75) is 32.0 Å². The van der Waals surface area contributed by atoms with Crippen LogP contribution in [-0.4, -0.2) is 16.0 Å². The van der Waals surface area contributed by atoms with Crippen LogP contribution in [-0.2, 0) is 17.5 Å². The molecular weight excluding hydrogens is 330 g/mol. The molecule has 1 amide bonds. The van der Waals surface area contributed by atoms with Crippen molar-refractivity contribution in [1.29, 1.82) is 0 Å². The average Bonchev–Trinajstić information content (AvgIpc) is 3.16. The summed E-state index contributed by atoms with van der Waals surface area (Å²) in [5.74, 6) is -2.23. The largest absolute Gasteiger partial charge is 0.471 e. The molecule has 0 unspecified atom stereocenters. The van der Waals surface area contributed by atoms with E-state index in [-0.39, 0.29) is 29.4 Å². The van der Waals surface area contributed by atoms with Crippen LogP contribution in [0.1, 0.15) is 30.7 Å². The predicted molar refractivity (Wildman–Crippen MR) is 73.9 cm³/mol. The minimum Gasteiger partial charge on any atom is -0.352 e. The van der Waals surface area contributed by atoms with Crippen LogP contribution in [0.5, 0.6) is 0 Å². The lowest BCUT2D eigenvalue weighted by atomic mass is 10.1. The first-order valence-electron chi connectivity index (χ1n) is 7.29. The Hall–Kier alpha value is -2.45. The predicted octanol–water partition coefficient (Wildman–Crippen LogP) is 3.31. The van der Waals surface area contributed by atoms with Gasteiger partial charge in [0.25, 0.3) is 0 Å². The molecule has 1 aliphatic rings. The quantitative estimate of drug-likeness (QED) is 0.846. The van der Waals surface area contributed by atoms with Crippen LogP contribution in [0.2, 0.25) is 0 Å². The highest BCUT2D eigenvalue weighted by molar-refractivity contribution is 5.76. The zero-order chi connectivity index (χ0) is 17.3. The Morgan fingerprint density at radius 3 is 2.67 bits per heavy atom. The Kier molecular flexibility index (Phi) is 4.25. The highest BCUT2D eigenvalue weighted by Gasteiger charge is 2.38. The summed E-state index contributed by atoms with van der Waals surface area (Å²) in [5, 5.41) is 5.81. The molecule has 0 aliphatic heterocycles. The number of amides is 1. The third-order valence-electron chi connectivity index (χ3n) is 3.63. The van der Waals surface area contributed by atoms with Crippen molar-refractivity contribution in [3.05, 3.63) is 35.5 Å². The number of nitrogens with one attached hydrogen (secondary N) is 1. The molecule has 0 spiro atoms. The number of alkyl halides is 3. The number of halogens is 4. The van der Waals surface area contributed by atoms with Crippen molar-refractivity contribution < 1.29 is 26.9 Å². The van der Waals surface area contributed by atoms with Gasteiger partial charge in [0, 0.05) is 24.1 Å². The molecule has 0 atom stereocenters. The molecular formula is C15H13F4N3O2. The van der Waals surface area contributed by atoms with Gasteiger partial charge in [-0.2, -0.15) is 18.2 Å². The lowest BCUT2D eigenvalue weighted by Gasteiger charge is -2.07. The number of rotatable bonds is 5. The van der Waals surface area contributed by atoms with E-state index in [1.54, 1.807) is 0 Å². The van der Waals surface area contributed by atoms with Crippen molar-refractivity contribution in [2.75, 3.05) is 0 Å². The van der Waals surface area contributed by atoms with Crippen molar-refractivity contribution >= 4 is 5.91 Å².